The Balaban J connectivity index is 2.10. The second-order valence-electron chi connectivity index (χ2n) is 4.44. The Kier molecular flexibility index (Phi) is 5.70. The van der Waals surface area contributed by atoms with Crippen molar-refractivity contribution in [2.75, 3.05) is 14.2 Å². The zero-order valence-corrected chi connectivity index (χ0v) is 14.1. The molecule has 0 saturated carbocycles. The van der Waals surface area contributed by atoms with Crippen LogP contribution < -0.4 is 14.9 Å². The predicted octanol–water partition coefficient (Wildman–Crippen LogP) is 3.37. The summed E-state index contributed by atoms with van der Waals surface area (Å²) in [7, 11) is 3.07. The number of nitrogens with zero attached hydrogens (tertiary/aromatic N) is 1. The highest BCUT2D eigenvalue weighted by Gasteiger charge is 2.09. The molecule has 0 spiro atoms. The standard InChI is InChI=1S/C16H14BrFN2O3/c1-22-14-8-10(7-13(17)15(14)23-2)9-19-20-16(21)11-3-5-12(18)6-4-11/h3-9H,1-2H3,(H,20,21)/b19-9-. The van der Waals surface area contributed by atoms with Crippen molar-refractivity contribution < 1.29 is 18.7 Å². The van der Waals surface area contributed by atoms with Gasteiger partial charge in [0, 0.05) is 5.56 Å². The summed E-state index contributed by atoms with van der Waals surface area (Å²) in [6.07, 6.45) is 1.47. The van der Waals surface area contributed by atoms with Crippen LogP contribution >= 0.6 is 15.9 Å². The van der Waals surface area contributed by atoms with Crippen LogP contribution in [0.1, 0.15) is 15.9 Å². The minimum absolute atomic E-state index is 0.317. The van der Waals surface area contributed by atoms with Crippen LogP contribution in [0.4, 0.5) is 4.39 Å². The summed E-state index contributed by atoms with van der Waals surface area (Å²) < 4.78 is 23.9. The lowest BCUT2D eigenvalue weighted by Crippen LogP contribution is -2.17. The van der Waals surface area contributed by atoms with Crippen molar-refractivity contribution in [2.24, 2.45) is 5.10 Å². The largest absolute Gasteiger partial charge is 0.493 e. The molecule has 2 rings (SSSR count). The summed E-state index contributed by atoms with van der Waals surface area (Å²) >= 11 is 3.37. The third kappa shape index (κ3) is 4.29. The summed E-state index contributed by atoms with van der Waals surface area (Å²) in [5.41, 5.74) is 3.39. The highest BCUT2D eigenvalue weighted by Crippen LogP contribution is 2.35. The molecule has 0 aliphatic heterocycles. The van der Waals surface area contributed by atoms with Gasteiger partial charge in [-0.2, -0.15) is 5.10 Å². The summed E-state index contributed by atoms with van der Waals surface area (Å²) in [6, 6.07) is 8.68. The molecule has 2 aromatic rings. The average molecular weight is 381 g/mol. The minimum atomic E-state index is -0.430. The predicted molar refractivity (Wildman–Crippen MR) is 88.7 cm³/mol. The van der Waals surface area contributed by atoms with E-state index in [1.165, 1.54) is 37.6 Å². The number of rotatable bonds is 5. The van der Waals surface area contributed by atoms with E-state index >= 15 is 0 Å². The molecule has 0 unspecified atom stereocenters. The van der Waals surface area contributed by atoms with E-state index in [9.17, 15) is 9.18 Å². The van der Waals surface area contributed by atoms with Gasteiger partial charge in [-0.15, -0.1) is 0 Å². The van der Waals surface area contributed by atoms with E-state index in [-0.39, 0.29) is 0 Å². The Labute approximate surface area is 141 Å². The Morgan fingerprint density at radius 1 is 1.22 bits per heavy atom. The van der Waals surface area contributed by atoms with Gasteiger partial charge in [0.1, 0.15) is 5.82 Å². The lowest BCUT2D eigenvalue weighted by molar-refractivity contribution is 0.0955. The van der Waals surface area contributed by atoms with Gasteiger partial charge >= 0.3 is 0 Å². The molecule has 5 nitrogen and oxygen atoms in total. The first-order valence-corrected chi connectivity index (χ1v) is 7.35. The van der Waals surface area contributed by atoms with Crippen LogP contribution in [-0.4, -0.2) is 26.3 Å². The van der Waals surface area contributed by atoms with E-state index in [0.29, 0.717) is 27.1 Å². The van der Waals surface area contributed by atoms with Crippen molar-refractivity contribution in [1.82, 2.24) is 5.43 Å². The number of benzene rings is 2. The van der Waals surface area contributed by atoms with Gasteiger partial charge < -0.3 is 9.47 Å². The quantitative estimate of drug-likeness (QED) is 0.638. The third-order valence-corrected chi connectivity index (χ3v) is 3.53. The van der Waals surface area contributed by atoms with Crippen LogP contribution in [0.15, 0.2) is 46.0 Å². The van der Waals surface area contributed by atoms with Gasteiger partial charge in [0.2, 0.25) is 0 Å². The Bertz CT molecular complexity index is 733. The minimum Gasteiger partial charge on any atom is -0.493 e. The summed E-state index contributed by atoms with van der Waals surface area (Å²) in [5.74, 6) is 0.272. The number of hydrazone groups is 1. The van der Waals surface area contributed by atoms with Crippen LogP contribution in [0.2, 0.25) is 0 Å². The lowest BCUT2D eigenvalue weighted by atomic mass is 10.2. The third-order valence-electron chi connectivity index (χ3n) is 2.94. The Hall–Kier alpha value is -2.41. The molecule has 0 atom stereocenters. The molecule has 0 heterocycles. The summed E-state index contributed by atoms with van der Waals surface area (Å²) in [5, 5.41) is 3.88. The molecule has 7 heteroatoms. The van der Waals surface area contributed by atoms with Crippen LogP contribution in [0, 0.1) is 5.82 Å². The van der Waals surface area contributed by atoms with Crippen LogP contribution in [0.3, 0.4) is 0 Å². The number of amides is 1. The van der Waals surface area contributed by atoms with Gasteiger partial charge in [-0.25, -0.2) is 9.82 Å². The molecular formula is C16H14BrFN2O3. The molecule has 0 fully saturated rings. The van der Waals surface area contributed by atoms with Crippen LogP contribution in [0.5, 0.6) is 11.5 Å². The highest BCUT2D eigenvalue weighted by molar-refractivity contribution is 9.10. The van der Waals surface area contributed by atoms with Crippen molar-refractivity contribution in [3.63, 3.8) is 0 Å². The van der Waals surface area contributed by atoms with Crippen molar-refractivity contribution in [2.45, 2.75) is 0 Å². The van der Waals surface area contributed by atoms with Crippen LogP contribution in [-0.2, 0) is 0 Å². The number of halogens is 2. The maximum absolute atomic E-state index is 12.8. The van der Waals surface area contributed by atoms with Gasteiger partial charge in [0.15, 0.2) is 11.5 Å². The zero-order valence-electron chi connectivity index (χ0n) is 12.5. The maximum Gasteiger partial charge on any atom is 0.271 e. The second kappa shape index (κ2) is 7.73. The number of hydrogen-bond acceptors (Lipinski definition) is 4. The maximum atomic E-state index is 12.8. The van der Waals surface area contributed by atoms with Crippen molar-refractivity contribution in [3.8, 4) is 11.5 Å². The molecule has 0 radical (unpaired) electrons. The summed E-state index contributed by atoms with van der Waals surface area (Å²) in [4.78, 5) is 11.8. The molecular weight excluding hydrogens is 367 g/mol. The zero-order chi connectivity index (χ0) is 16.8. The molecule has 2 aromatic carbocycles. The normalized spacial score (nSPS) is 10.6. The molecule has 0 saturated heterocycles. The van der Waals surface area contributed by atoms with Gasteiger partial charge in [-0.1, -0.05) is 0 Å². The fourth-order valence-corrected chi connectivity index (χ4v) is 2.47. The van der Waals surface area contributed by atoms with Crippen LogP contribution in [0.25, 0.3) is 0 Å². The first kappa shape index (κ1) is 17.0. The molecule has 120 valence electrons. The van der Waals surface area contributed by atoms with E-state index in [4.69, 9.17) is 9.47 Å². The fraction of sp³-hybridized carbons (Fsp3) is 0.125. The number of carbonyl (C=O) groups excluding carboxylic acids is 1. The molecule has 0 bridgehead atoms. The van der Waals surface area contributed by atoms with E-state index in [0.717, 1.165) is 0 Å². The van der Waals surface area contributed by atoms with E-state index in [1.54, 1.807) is 19.2 Å². The van der Waals surface area contributed by atoms with Gasteiger partial charge in [-0.05, 0) is 57.9 Å². The summed E-state index contributed by atoms with van der Waals surface area (Å²) in [6.45, 7) is 0. The monoisotopic (exact) mass is 380 g/mol. The van der Waals surface area contributed by atoms with Gasteiger partial charge in [-0.3, -0.25) is 4.79 Å². The number of hydrogen-bond donors (Lipinski definition) is 1. The molecule has 0 aromatic heterocycles. The van der Waals surface area contributed by atoms with Gasteiger partial charge in [0.05, 0.1) is 24.9 Å². The Morgan fingerprint density at radius 2 is 1.91 bits per heavy atom. The number of ether oxygens (including phenoxy) is 2. The van der Waals surface area contributed by atoms with E-state index in [1.807, 2.05) is 0 Å². The van der Waals surface area contributed by atoms with E-state index < -0.39 is 11.7 Å². The van der Waals surface area contributed by atoms with Crippen molar-refractivity contribution in [3.05, 3.63) is 57.8 Å². The van der Waals surface area contributed by atoms with E-state index in [2.05, 4.69) is 26.5 Å². The molecule has 0 aliphatic rings. The molecule has 23 heavy (non-hydrogen) atoms. The number of carbonyl (C=O) groups is 1. The molecule has 0 aliphatic carbocycles. The first-order chi connectivity index (χ1) is 11.0. The highest BCUT2D eigenvalue weighted by atomic mass is 79.9. The number of methoxy groups -OCH3 is 2. The lowest BCUT2D eigenvalue weighted by Gasteiger charge is -2.10. The first-order valence-electron chi connectivity index (χ1n) is 6.55. The average Bonchev–Trinajstić information content (AvgIpc) is 2.54. The van der Waals surface area contributed by atoms with Crippen molar-refractivity contribution >= 4 is 28.1 Å². The van der Waals surface area contributed by atoms with Crippen molar-refractivity contribution in [1.29, 1.82) is 0 Å². The fourth-order valence-electron chi connectivity index (χ4n) is 1.84. The number of nitrogens with one attached hydrogen (secondary N) is 1. The Morgan fingerprint density at radius 3 is 2.52 bits per heavy atom. The topological polar surface area (TPSA) is 59.9 Å². The molecule has 1 N–H and O–H groups in total. The second-order valence-corrected chi connectivity index (χ2v) is 5.30. The molecule has 1 amide bonds. The smallest absolute Gasteiger partial charge is 0.271 e. The SMILES string of the molecule is COc1cc(/C=N\NC(=O)c2ccc(F)cc2)cc(Br)c1OC. The van der Waals surface area contributed by atoms with Gasteiger partial charge in [0.25, 0.3) is 5.91 Å².